The summed E-state index contributed by atoms with van der Waals surface area (Å²) in [5.74, 6) is -0.675. The van der Waals surface area contributed by atoms with Gasteiger partial charge in [0.2, 0.25) is 5.91 Å². The molecule has 7 heteroatoms. The van der Waals surface area contributed by atoms with Crippen LogP contribution < -0.4 is 0 Å². The van der Waals surface area contributed by atoms with Crippen molar-refractivity contribution in [2.45, 2.75) is 44.4 Å². The van der Waals surface area contributed by atoms with Gasteiger partial charge in [0.05, 0.1) is 35.1 Å². The second kappa shape index (κ2) is 6.34. The van der Waals surface area contributed by atoms with E-state index in [2.05, 4.69) is 5.10 Å². The molecule has 2 atom stereocenters. The number of carbonyl (C=O) groups excluding carboxylic acids is 1. The van der Waals surface area contributed by atoms with E-state index >= 15 is 0 Å². The molecule has 2 aromatic carbocycles. The van der Waals surface area contributed by atoms with Gasteiger partial charge in [-0.3, -0.25) is 9.48 Å². The molecule has 2 bridgehead atoms. The molecule has 4 aliphatic rings. The summed E-state index contributed by atoms with van der Waals surface area (Å²) in [4.78, 5) is 15.0. The summed E-state index contributed by atoms with van der Waals surface area (Å²) in [5, 5.41) is 4.86. The number of alkyl halides is 1. The van der Waals surface area contributed by atoms with E-state index in [1.807, 2.05) is 10.7 Å². The van der Waals surface area contributed by atoms with Gasteiger partial charge in [-0.15, -0.1) is 0 Å². The van der Waals surface area contributed by atoms with Crippen molar-refractivity contribution in [3.8, 4) is 0 Å². The van der Waals surface area contributed by atoms with Crippen LogP contribution in [-0.2, 0) is 11.3 Å². The molecule has 4 nitrogen and oxygen atoms in total. The molecule has 0 N–H and O–H groups in total. The maximum atomic E-state index is 14.3. The third kappa shape index (κ3) is 2.75. The van der Waals surface area contributed by atoms with E-state index in [1.54, 1.807) is 29.3 Å². The van der Waals surface area contributed by atoms with Crippen LogP contribution in [-0.4, -0.2) is 33.3 Å². The summed E-state index contributed by atoms with van der Waals surface area (Å²) < 4.78 is 43.8. The smallest absolute Gasteiger partial charge is 0.229 e. The predicted octanol–water partition coefficient (Wildman–Crippen LogP) is 4.80. The fourth-order valence-corrected chi connectivity index (χ4v) is 6.25. The second-order valence-corrected chi connectivity index (χ2v) is 9.65. The minimum Gasteiger partial charge on any atom is -0.332 e. The molecule has 1 aromatic heterocycles. The summed E-state index contributed by atoms with van der Waals surface area (Å²) in [5.41, 5.74) is 0.962. The molecule has 1 saturated heterocycles. The fraction of sp³-hybridized carbons (Fsp3) is 0.417. The van der Waals surface area contributed by atoms with Crippen molar-refractivity contribution in [2.75, 3.05) is 6.54 Å². The summed E-state index contributed by atoms with van der Waals surface area (Å²) in [6, 6.07) is 10.7. The third-order valence-corrected chi connectivity index (χ3v) is 7.46. The maximum Gasteiger partial charge on any atom is 0.229 e. The highest BCUT2D eigenvalue weighted by Gasteiger charge is 2.72. The zero-order chi connectivity index (χ0) is 21.4. The molecule has 31 heavy (non-hydrogen) atoms. The lowest BCUT2D eigenvalue weighted by Crippen LogP contribution is -2.69. The van der Waals surface area contributed by atoms with E-state index in [4.69, 9.17) is 0 Å². The van der Waals surface area contributed by atoms with Crippen molar-refractivity contribution >= 4 is 16.8 Å². The first-order valence-corrected chi connectivity index (χ1v) is 10.7. The van der Waals surface area contributed by atoms with Crippen LogP contribution in [0.15, 0.2) is 48.7 Å². The van der Waals surface area contributed by atoms with Gasteiger partial charge >= 0.3 is 0 Å². The lowest BCUT2D eigenvalue weighted by molar-refractivity contribution is -0.222. The molecule has 1 amide bonds. The topological polar surface area (TPSA) is 38.1 Å². The molecule has 2 heterocycles. The van der Waals surface area contributed by atoms with Crippen LogP contribution in [0.3, 0.4) is 0 Å². The zero-order valence-corrected chi connectivity index (χ0v) is 16.9. The van der Waals surface area contributed by atoms with Gasteiger partial charge in [-0.05, 0) is 54.5 Å². The quantitative estimate of drug-likeness (QED) is 0.603. The Hall–Kier alpha value is -2.83. The van der Waals surface area contributed by atoms with Gasteiger partial charge in [-0.1, -0.05) is 18.2 Å². The van der Waals surface area contributed by atoms with Crippen molar-refractivity contribution < 1.29 is 18.0 Å². The molecule has 3 aliphatic carbocycles. The number of halogens is 3. The number of hydrogen-bond donors (Lipinski definition) is 0. The monoisotopic (exact) mass is 425 g/mol. The Balaban J connectivity index is 1.19. The molecule has 160 valence electrons. The van der Waals surface area contributed by atoms with E-state index in [1.165, 1.54) is 18.2 Å². The third-order valence-electron chi connectivity index (χ3n) is 7.46. The SMILES string of the molecule is O=C(N1CC(F)CC1c1cccc(F)c1)C12CC(Cn3ncc4c(F)cccc43)(C1)C2. The molecular weight excluding hydrogens is 403 g/mol. The van der Waals surface area contributed by atoms with Gasteiger partial charge in [0.25, 0.3) is 0 Å². The summed E-state index contributed by atoms with van der Waals surface area (Å²) in [7, 11) is 0. The average molecular weight is 425 g/mol. The predicted molar refractivity (Wildman–Crippen MR) is 109 cm³/mol. The summed E-state index contributed by atoms with van der Waals surface area (Å²) in [6.45, 7) is 0.714. The van der Waals surface area contributed by atoms with Crippen molar-refractivity contribution in [1.82, 2.24) is 14.7 Å². The van der Waals surface area contributed by atoms with Crippen LogP contribution in [0.1, 0.15) is 37.3 Å². The van der Waals surface area contributed by atoms with Gasteiger partial charge in [0.1, 0.15) is 17.8 Å². The van der Waals surface area contributed by atoms with Crippen molar-refractivity contribution in [3.63, 3.8) is 0 Å². The number of amides is 1. The van der Waals surface area contributed by atoms with Gasteiger partial charge in [0.15, 0.2) is 0 Å². The number of nitrogens with zero attached hydrogens (tertiary/aromatic N) is 3. The van der Waals surface area contributed by atoms with Gasteiger partial charge in [-0.25, -0.2) is 13.2 Å². The lowest BCUT2D eigenvalue weighted by Gasteiger charge is -2.70. The normalized spacial score (nSPS) is 31.5. The molecule has 3 aromatic rings. The van der Waals surface area contributed by atoms with Gasteiger partial charge < -0.3 is 4.90 Å². The average Bonchev–Trinajstić information content (AvgIpc) is 3.27. The first kappa shape index (κ1) is 18.9. The standard InChI is InChI=1S/C24H22F3N3O/c25-16-4-1-3-15(7-16)21-8-17(26)10-29(21)22(31)24-11-23(12-24,13-24)14-30-20-6-2-5-19(27)18(20)9-28-30/h1-7,9,17,21H,8,10-14H2. The number of carbonyl (C=O) groups is 1. The number of benzene rings is 2. The summed E-state index contributed by atoms with van der Waals surface area (Å²) in [6.07, 6.45) is 2.87. The number of hydrogen-bond acceptors (Lipinski definition) is 2. The van der Waals surface area contributed by atoms with Gasteiger partial charge in [-0.2, -0.15) is 5.10 Å². The van der Waals surface area contributed by atoms with Crippen molar-refractivity contribution in [2.24, 2.45) is 10.8 Å². The number of fused-ring (bicyclic) bond motifs is 1. The van der Waals surface area contributed by atoms with E-state index in [0.717, 1.165) is 24.8 Å². The van der Waals surface area contributed by atoms with E-state index < -0.39 is 17.6 Å². The van der Waals surface area contributed by atoms with Crippen molar-refractivity contribution in [3.05, 3.63) is 65.9 Å². The van der Waals surface area contributed by atoms with Gasteiger partial charge in [0, 0.05) is 13.0 Å². The number of likely N-dealkylation sites (tertiary alicyclic amines) is 1. The Kier molecular flexibility index (Phi) is 3.87. The molecule has 0 radical (unpaired) electrons. The van der Waals surface area contributed by atoms with Crippen LogP contribution in [0.5, 0.6) is 0 Å². The molecule has 4 fully saturated rings. The number of rotatable bonds is 4. The van der Waals surface area contributed by atoms with Crippen LogP contribution in [0.4, 0.5) is 13.2 Å². The van der Waals surface area contributed by atoms with Crippen LogP contribution in [0, 0.1) is 22.5 Å². The van der Waals surface area contributed by atoms with E-state index in [9.17, 15) is 18.0 Å². The fourth-order valence-electron chi connectivity index (χ4n) is 6.25. The Morgan fingerprint density at radius 1 is 1.13 bits per heavy atom. The highest BCUT2D eigenvalue weighted by Crippen LogP contribution is 2.74. The Labute approximate surface area is 177 Å². The van der Waals surface area contributed by atoms with E-state index in [-0.39, 0.29) is 35.9 Å². The second-order valence-electron chi connectivity index (χ2n) is 9.65. The Morgan fingerprint density at radius 2 is 1.90 bits per heavy atom. The first-order valence-electron chi connectivity index (χ1n) is 10.7. The summed E-state index contributed by atoms with van der Waals surface area (Å²) >= 11 is 0. The highest BCUT2D eigenvalue weighted by molar-refractivity contribution is 5.87. The molecule has 0 spiro atoms. The van der Waals surface area contributed by atoms with Crippen LogP contribution in [0.25, 0.3) is 10.9 Å². The van der Waals surface area contributed by atoms with Crippen LogP contribution in [0.2, 0.25) is 0 Å². The molecule has 7 rings (SSSR count). The molecule has 1 aliphatic heterocycles. The largest absolute Gasteiger partial charge is 0.332 e. The minimum atomic E-state index is -1.09. The van der Waals surface area contributed by atoms with Crippen LogP contribution >= 0.6 is 0 Å². The van der Waals surface area contributed by atoms with Crippen molar-refractivity contribution in [1.29, 1.82) is 0 Å². The Bertz CT molecular complexity index is 1190. The molecule has 2 unspecified atom stereocenters. The molecule has 3 saturated carbocycles. The number of aromatic nitrogens is 2. The maximum absolute atomic E-state index is 14.3. The van der Waals surface area contributed by atoms with E-state index in [0.29, 0.717) is 17.5 Å². The Morgan fingerprint density at radius 3 is 2.68 bits per heavy atom. The molecular formula is C24H22F3N3O. The lowest BCUT2D eigenvalue weighted by atomic mass is 9.34. The first-order chi connectivity index (χ1) is 14.9. The minimum absolute atomic E-state index is 0.00980. The zero-order valence-electron chi connectivity index (χ0n) is 16.9. The highest BCUT2D eigenvalue weighted by atomic mass is 19.1.